The van der Waals surface area contributed by atoms with E-state index < -0.39 is 0 Å². The molecule has 2 N–H and O–H groups in total. The van der Waals surface area contributed by atoms with Gasteiger partial charge in [0, 0.05) is 25.6 Å². The molecule has 0 aliphatic rings. The SMILES string of the molecule is CCCCN(CCC(N)=S)C(=O)/C=C/c1ccccc1. The Hall–Kier alpha value is -1.68. The van der Waals surface area contributed by atoms with Gasteiger partial charge in [-0.3, -0.25) is 4.79 Å². The summed E-state index contributed by atoms with van der Waals surface area (Å²) in [5, 5.41) is 0. The van der Waals surface area contributed by atoms with E-state index in [2.05, 4.69) is 6.92 Å². The van der Waals surface area contributed by atoms with Crippen molar-refractivity contribution in [3.05, 3.63) is 42.0 Å². The topological polar surface area (TPSA) is 46.3 Å². The van der Waals surface area contributed by atoms with Crippen molar-refractivity contribution in [1.29, 1.82) is 0 Å². The highest BCUT2D eigenvalue weighted by atomic mass is 32.1. The van der Waals surface area contributed by atoms with Crippen molar-refractivity contribution < 1.29 is 4.79 Å². The zero-order valence-electron chi connectivity index (χ0n) is 11.9. The van der Waals surface area contributed by atoms with Gasteiger partial charge in [-0.1, -0.05) is 55.9 Å². The van der Waals surface area contributed by atoms with E-state index in [0.717, 1.165) is 24.9 Å². The van der Waals surface area contributed by atoms with Crippen LogP contribution in [0.4, 0.5) is 0 Å². The Labute approximate surface area is 126 Å². The Morgan fingerprint density at radius 1 is 1.30 bits per heavy atom. The number of unbranched alkanes of at least 4 members (excludes halogenated alkanes) is 1. The van der Waals surface area contributed by atoms with Crippen molar-refractivity contribution >= 4 is 29.2 Å². The second-order valence-electron chi connectivity index (χ2n) is 4.64. The van der Waals surface area contributed by atoms with Crippen molar-refractivity contribution in [3.8, 4) is 0 Å². The van der Waals surface area contributed by atoms with Crippen LogP contribution >= 0.6 is 12.2 Å². The Morgan fingerprint density at radius 2 is 2.00 bits per heavy atom. The van der Waals surface area contributed by atoms with Gasteiger partial charge in [0.2, 0.25) is 5.91 Å². The number of thiocarbonyl (C=S) groups is 1. The lowest BCUT2D eigenvalue weighted by molar-refractivity contribution is -0.125. The van der Waals surface area contributed by atoms with Crippen LogP contribution in [-0.2, 0) is 4.79 Å². The van der Waals surface area contributed by atoms with Crippen molar-refractivity contribution in [2.75, 3.05) is 13.1 Å². The van der Waals surface area contributed by atoms with Crippen LogP contribution in [0.3, 0.4) is 0 Å². The highest BCUT2D eigenvalue weighted by Crippen LogP contribution is 2.04. The average molecular weight is 290 g/mol. The molecule has 0 unspecified atom stereocenters. The first-order valence-electron chi connectivity index (χ1n) is 6.94. The number of hydrogen-bond donors (Lipinski definition) is 1. The quantitative estimate of drug-likeness (QED) is 0.591. The maximum atomic E-state index is 12.2. The van der Waals surface area contributed by atoms with E-state index in [0.29, 0.717) is 18.0 Å². The van der Waals surface area contributed by atoms with Crippen molar-refractivity contribution in [1.82, 2.24) is 4.90 Å². The smallest absolute Gasteiger partial charge is 0.246 e. The molecule has 0 saturated carbocycles. The molecule has 3 nitrogen and oxygen atoms in total. The van der Waals surface area contributed by atoms with Gasteiger partial charge in [-0.05, 0) is 18.1 Å². The van der Waals surface area contributed by atoms with E-state index in [4.69, 9.17) is 18.0 Å². The van der Waals surface area contributed by atoms with Crippen LogP contribution in [0.25, 0.3) is 6.08 Å². The molecule has 4 heteroatoms. The highest BCUT2D eigenvalue weighted by Gasteiger charge is 2.10. The lowest BCUT2D eigenvalue weighted by Gasteiger charge is -2.20. The highest BCUT2D eigenvalue weighted by molar-refractivity contribution is 7.80. The molecule has 108 valence electrons. The number of nitrogens with zero attached hydrogens (tertiary/aromatic N) is 1. The average Bonchev–Trinajstić information content (AvgIpc) is 2.45. The molecule has 1 aromatic rings. The van der Waals surface area contributed by atoms with Crippen LogP contribution in [0.2, 0.25) is 0 Å². The molecule has 1 rings (SSSR count). The number of carbonyl (C=O) groups excluding carboxylic acids is 1. The summed E-state index contributed by atoms with van der Waals surface area (Å²) >= 11 is 4.88. The summed E-state index contributed by atoms with van der Waals surface area (Å²) < 4.78 is 0. The van der Waals surface area contributed by atoms with Crippen molar-refractivity contribution in [2.24, 2.45) is 5.73 Å². The summed E-state index contributed by atoms with van der Waals surface area (Å²) in [6.07, 6.45) is 6.07. The number of nitrogens with two attached hydrogens (primary N) is 1. The molecular formula is C16H22N2OS. The third-order valence-corrected chi connectivity index (χ3v) is 3.14. The molecule has 0 aliphatic heterocycles. The second kappa shape index (κ2) is 9.26. The van der Waals surface area contributed by atoms with Crippen molar-refractivity contribution in [2.45, 2.75) is 26.2 Å². The van der Waals surface area contributed by atoms with Gasteiger partial charge in [-0.25, -0.2) is 0 Å². The minimum absolute atomic E-state index is 0.0125. The van der Waals surface area contributed by atoms with Gasteiger partial charge in [0.1, 0.15) is 0 Å². The zero-order valence-corrected chi connectivity index (χ0v) is 12.7. The fourth-order valence-corrected chi connectivity index (χ4v) is 1.85. The fraction of sp³-hybridized carbons (Fsp3) is 0.375. The summed E-state index contributed by atoms with van der Waals surface area (Å²) in [6, 6.07) is 9.79. The van der Waals surface area contributed by atoms with E-state index in [1.54, 1.807) is 6.08 Å². The molecule has 1 amide bonds. The van der Waals surface area contributed by atoms with Gasteiger partial charge in [0.25, 0.3) is 0 Å². The van der Waals surface area contributed by atoms with Crippen LogP contribution in [0.15, 0.2) is 36.4 Å². The molecule has 0 saturated heterocycles. The maximum absolute atomic E-state index is 12.2. The zero-order chi connectivity index (χ0) is 14.8. The first-order valence-corrected chi connectivity index (χ1v) is 7.34. The third-order valence-electron chi connectivity index (χ3n) is 2.94. The predicted octanol–water partition coefficient (Wildman–Crippen LogP) is 3.00. The number of hydrogen-bond acceptors (Lipinski definition) is 2. The first-order chi connectivity index (χ1) is 9.63. The molecule has 0 heterocycles. The van der Waals surface area contributed by atoms with Crippen LogP contribution in [0.5, 0.6) is 0 Å². The molecule has 1 aromatic carbocycles. The maximum Gasteiger partial charge on any atom is 0.246 e. The molecule has 0 atom stereocenters. The largest absolute Gasteiger partial charge is 0.393 e. The number of rotatable bonds is 8. The minimum atomic E-state index is 0.0125. The molecule has 0 aliphatic carbocycles. The van der Waals surface area contributed by atoms with Crippen LogP contribution < -0.4 is 5.73 Å². The minimum Gasteiger partial charge on any atom is -0.393 e. The van der Waals surface area contributed by atoms with E-state index in [9.17, 15) is 4.79 Å². The normalized spacial score (nSPS) is 10.7. The van der Waals surface area contributed by atoms with Gasteiger partial charge < -0.3 is 10.6 Å². The first kappa shape index (κ1) is 16.4. The molecular weight excluding hydrogens is 268 g/mol. The molecule has 0 bridgehead atoms. The van der Waals surface area contributed by atoms with Crippen LogP contribution in [0, 0.1) is 0 Å². The molecule has 0 spiro atoms. The van der Waals surface area contributed by atoms with Gasteiger partial charge >= 0.3 is 0 Å². The summed E-state index contributed by atoms with van der Waals surface area (Å²) in [6.45, 7) is 3.44. The lowest BCUT2D eigenvalue weighted by Crippen LogP contribution is -2.33. The lowest BCUT2D eigenvalue weighted by atomic mass is 10.2. The Bertz CT molecular complexity index is 457. The third kappa shape index (κ3) is 6.48. The van der Waals surface area contributed by atoms with E-state index in [-0.39, 0.29) is 5.91 Å². The Kier molecular flexibility index (Phi) is 7.58. The van der Waals surface area contributed by atoms with Gasteiger partial charge in [0.15, 0.2) is 0 Å². The van der Waals surface area contributed by atoms with Crippen LogP contribution in [0.1, 0.15) is 31.7 Å². The summed E-state index contributed by atoms with van der Waals surface area (Å²) in [4.78, 5) is 14.4. The van der Waals surface area contributed by atoms with Gasteiger partial charge in [-0.15, -0.1) is 0 Å². The molecule has 0 radical (unpaired) electrons. The van der Waals surface area contributed by atoms with Crippen LogP contribution in [-0.4, -0.2) is 28.9 Å². The fourth-order valence-electron chi connectivity index (χ4n) is 1.76. The Morgan fingerprint density at radius 3 is 2.60 bits per heavy atom. The summed E-state index contributed by atoms with van der Waals surface area (Å²) in [7, 11) is 0. The summed E-state index contributed by atoms with van der Waals surface area (Å²) in [5.41, 5.74) is 6.53. The number of amides is 1. The standard InChI is InChI=1S/C16H22N2OS/c1-2-3-12-18(13-11-15(17)20)16(19)10-9-14-7-5-4-6-8-14/h4-10H,2-3,11-13H2,1H3,(H2,17,20)/b10-9+. The van der Waals surface area contributed by atoms with Gasteiger partial charge in [0.05, 0.1) is 4.99 Å². The van der Waals surface area contributed by atoms with E-state index >= 15 is 0 Å². The molecule has 20 heavy (non-hydrogen) atoms. The predicted molar refractivity (Wildman–Crippen MR) is 88.4 cm³/mol. The Balaban J connectivity index is 2.61. The van der Waals surface area contributed by atoms with E-state index in [1.807, 2.05) is 41.3 Å². The van der Waals surface area contributed by atoms with Gasteiger partial charge in [-0.2, -0.15) is 0 Å². The number of carbonyl (C=O) groups is 1. The summed E-state index contributed by atoms with van der Waals surface area (Å²) in [5.74, 6) is 0.0125. The number of benzene rings is 1. The van der Waals surface area contributed by atoms with Crippen molar-refractivity contribution in [3.63, 3.8) is 0 Å². The van der Waals surface area contributed by atoms with E-state index in [1.165, 1.54) is 0 Å². The monoisotopic (exact) mass is 290 g/mol. The second-order valence-corrected chi connectivity index (χ2v) is 5.16. The molecule has 0 aromatic heterocycles. The molecule has 0 fully saturated rings.